The Morgan fingerprint density at radius 2 is 1.78 bits per heavy atom. The van der Waals surface area contributed by atoms with E-state index in [4.69, 9.17) is 0 Å². The van der Waals surface area contributed by atoms with Crippen molar-refractivity contribution in [3.05, 3.63) is 64.1 Å². The predicted octanol–water partition coefficient (Wildman–Crippen LogP) is 4.60. The number of benzene rings is 2. The van der Waals surface area contributed by atoms with Gasteiger partial charge in [-0.25, -0.2) is 0 Å². The lowest BCUT2D eigenvalue weighted by molar-refractivity contribution is 0.0992. The van der Waals surface area contributed by atoms with Crippen LogP contribution in [0.3, 0.4) is 0 Å². The minimum absolute atomic E-state index is 0.148. The highest BCUT2D eigenvalue weighted by Crippen LogP contribution is 2.19. The Balaban J connectivity index is 2.14. The SMILES string of the molecule is CSc1ccc(C(=O)Cc2ccccc2Br)cc1. The van der Waals surface area contributed by atoms with Crippen molar-refractivity contribution in [2.75, 3.05) is 6.26 Å². The molecule has 0 aliphatic rings. The summed E-state index contributed by atoms with van der Waals surface area (Å²) in [6, 6.07) is 15.6. The van der Waals surface area contributed by atoms with Crippen molar-refractivity contribution in [2.45, 2.75) is 11.3 Å². The number of rotatable bonds is 4. The molecule has 0 heterocycles. The molecule has 2 rings (SSSR count). The molecule has 0 radical (unpaired) electrons. The fraction of sp³-hybridized carbons (Fsp3) is 0.133. The molecule has 0 saturated carbocycles. The van der Waals surface area contributed by atoms with Crippen molar-refractivity contribution < 1.29 is 4.79 Å². The van der Waals surface area contributed by atoms with Gasteiger partial charge in [-0.1, -0.05) is 46.3 Å². The van der Waals surface area contributed by atoms with E-state index in [1.165, 1.54) is 4.90 Å². The van der Waals surface area contributed by atoms with Crippen molar-refractivity contribution in [2.24, 2.45) is 0 Å². The fourth-order valence-corrected chi connectivity index (χ4v) is 2.53. The number of ketones is 1. The summed E-state index contributed by atoms with van der Waals surface area (Å²) in [6.07, 6.45) is 2.46. The molecule has 0 atom stereocenters. The second kappa shape index (κ2) is 6.21. The first kappa shape index (κ1) is 13.4. The van der Waals surface area contributed by atoms with Gasteiger partial charge in [-0.3, -0.25) is 4.79 Å². The van der Waals surface area contributed by atoms with E-state index in [0.29, 0.717) is 6.42 Å². The minimum atomic E-state index is 0.148. The van der Waals surface area contributed by atoms with Gasteiger partial charge in [-0.15, -0.1) is 11.8 Å². The number of halogens is 1. The highest BCUT2D eigenvalue weighted by atomic mass is 79.9. The van der Waals surface area contributed by atoms with Gasteiger partial charge in [0.15, 0.2) is 5.78 Å². The van der Waals surface area contributed by atoms with Crippen LogP contribution in [-0.4, -0.2) is 12.0 Å². The van der Waals surface area contributed by atoms with E-state index in [0.717, 1.165) is 15.6 Å². The maximum absolute atomic E-state index is 12.1. The number of thioether (sulfide) groups is 1. The van der Waals surface area contributed by atoms with E-state index in [-0.39, 0.29) is 5.78 Å². The molecule has 2 aromatic rings. The average molecular weight is 321 g/mol. The third-order valence-corrected chi connectivity index (χ3v) is 4.24. The Labute approximate surface area is 120 Å². The first-order valence-electron chi connectivity index (χ1n) is 5.61. The monoisotopic (exact) mass is 320 g/mol. The average Bonchev–Trinajstić information content (AvgIpc) is 2.41. The molecule has 0 aromatic heterocycles. The van der Waals surface area contributed by atoms with Crippen LogP contribution in [0.25, 0.3) is 0 Å². The first-order chi connectivity index (χ1) is 8.70. The molecule has 0 aliphatic heterocycles. The van der Waals surface area contributed by atoms with Crippen LogP contribution in [0.15, 0.2) is 57.9 Å². The Morgan fingerprint density at radius 3 is 2.39 bits per heavy atom. The van der Waals surface area contributed by atoms with Gasteiger partial charge in [0.1, 0.15) is 0 Å². The van der Waals surface area contributed by atoms with Crippen molar-refractivity contribution in [3.63, 3.8) is 0 Å². The molecular weight excluding hydrogens is 308 g/mol. The zero-order chi connectivity index (χ0) is 13.0. The second-order valence-corrected chi connectivity index (χ2v) is 5.65. The lowest BCUT2D eigenvalue weighted by atomic mass is 10.0. The van der Waals surface area contributed by atoms with E-state index in [1.54, 1.807) is 11.8 Å². The molecule has 0 spiro atoms. The van der Waals surface area contributed by atoms with Gasteiger partial charge in [0.05, 0.1) is 0 Å². The van der Waals surface area contributed by atoms with Crippen molar-refractivity contribution >= 4 is 33.5 Å². The highest BCUT2D eigenvalue weighted by Gasteiger charge is 2.08. The summed E-state index contributed by atoms with van der Waals surface area (Å²) in [7, 11) is 0. The summed E-state index contributed by atoms with van der Waals surface area (Å²) < 4.78 is 0.985. The molecule has 2 aromatic carbocycles. The highest BCUT2D eigenvalue weighted by molar-refractivity contribution is 9.10. The van der Waals surface area contributed by atoms with Crippen LogP contribution >= 0.6 is 27.7 Å². The summed E-state index contributed by atoms with van der Waals surface area (Å²) in [5, 5.41) is 0. The Hall–Kier alpha value is -1.06. The van der Waals surface area contributed by atoms with Crippen LogP contribution in [0, 0.1) is 0 Å². The molecule has 1 nitrogen and oxygen atoms in total. The quantitative estimate of drug-likeness (QED) is 0.605. The molecule has 0 aliphatic carbocycles. The van der Waals surface area contributed by atoms with Crippen molar-refractivity contribution in [3.8, 4) is 0 Å². The van der Waals surface area contributed by atoms with Crippen LogP contribution in [0.4, 0.5) is 0 Å². The molecule has 0 fully saturated rings. The summed E-state index contributed by atoms with van der Waals surface area (Å²) in [5.41, 5.74) is 1.79. The first-order valence-corrected chi connectivity index (χ1v) is 7.63. The summed E-state index contributed by atoms with van der Waals surface area (Å²) in [6.45, 7) is 0. The Bertz CT molecular complexity index is 549. The maximum Gasteiger partial charge on any atom is 0.167 e. The van der Waals surface area contributed by atoms with Gasteiger partial charge in [0.2, 0.25) is 0 Å². The third kappa shape index (κ3) is 3.24. The van der Waals surface area contributed by atoms with E-state index in [2.05, 4.69) is 15.9 Å². The third-order valence-electron chi connectivity index (χ3n) is 2.72. The minimum Gasteiger partial charge on any atom is -0.294 e. The molecule has 0 unspecified atom stereocenters. The predicted molar refractivity (Wildman–Crippen MR) is 80.4 cm³/mol. The molecule has 18 heavy (non-hydrogen) atoms. The molecule has 0 amide bonds. The normalized spacial score (nSPS) is 10.3. The molecule has 0 bridgehead atoms. The smallest absolute Gasteiger partial charge is 0.167 e. The maximum atomic E-state index is 12.1. The number of hydrogen-bond donors (Lipinski definition) is 0. The van der Waals surface area contributed by atoms with Crippen LogP contribution in [0.2, 0.25) is 0 Å². The van der Waals surface area contributed by atoms with E-state index < -0.39 is 0 Å². The fourth-order valence-electron chi connectivity index (χ4n) is 1.69. The van der Waals surface area contributed by atoms with Gasteiger partial charge in [-0.05, 0) is 30.0 Å². The van der Waals surface area contributed by atoms with Gasteiger partial charge in [0.25, 0.3) is 0 Å². The van der Waals surface area contributed by atoms with Crippen LogP contribution in [0.5, 0.6) is 0 Å². The van der Waals surface area contributed by atoms with Crippen molar-refractivity contribution in [1.29, 1.82) is 0 Å². The second-order valence-electron chi connectivity index (χ2n) is 3.92. The topological polar surface area (TPSA) is 17.1 Å². The Kier molecular flexibility index (Phi) is 4.61. The number of carbonyl (C=O) groups is 1. The zero-order valence-electron chi connectivity index (χ0n) is 10.0. The van der Waals surface area contributed by atoms with Gasteiger partial charge in [-0.2, -0.15) is 0 Å². The molecule has 3 heteroatoms. The van der Waals surface area contributed by atoms with E-state index in [9.17, 15) is 4.79 Å². The largest absolute Gasteiger partial charge is 0.294 e. The molecule has 92 valence electrons. The zero-order valence-corrected chi connectivity index (χ0v) is 12.4. The number of hydrogen-bond acceptors (Lipinski definition) is 2. The Morgan fingerprint density at radius 1 is 1.11 bits per heavy atom. The summed E-state index contributed by atoms with van der Waals surface area (Å²) in [5.74, 6) is 0.148. The summed E-state index contributed by atoms with van der Waals surface area (Å²) >= 11 is 5.14. The molecule has 0 saturated heterocycles. The standard InChI is InChI=1S/C15H13BrOS/c1-18-13-8-6-11(7-9-13)15(17)10-12-4-2-3-5-14(12)16/h2-9H,10H2,1H3. The van der Waals surface area contributed by atoms with Crippen molar-refractivity contribution in [1.82, 2.24) is 0 Å². The van der Waals surface area contributed by atoms with Gasteiger partial charge in [0, 0.05) is 21.4 Å². The number of carbonyl (C=O) groups excluding carboxylic acids is 1. The number of Topliss-reactive ketones (excluding diaryl/α,β-unsaturated/α-hetero) is 1. The lowest BCUT2D eigenvalue weighted by Crippen LogP contribution is -2.03. The van der Waals surface area contributed by atoms with Crippen LogP contribution in [0.1, 0.15) is 15.9 Å². The van der Waals surface area contributed by atoms with Gasteiger partial charge < -0.3 is 0 Å². The van der Waals surface area contributed by atoms with E-state index >= 15 is 0 Å². The van der Waals surface area contributed by atoms with Gasteiger partial charge >= 0.3 is 0 Å². The lowest BCUT2D eigenvalue weighted by Gasteiger charge is -2.04. The van der Waals surface area contributed by atoms with Crippen LogP contribution in [-0.2, 0) is 6.42 Å². The van der Waals surface area contributed by atoms with E-state index in [1.807, 2.05) is 54.8 Å². The van der Waals surface area contributed by atoms with Crippen LogP contribution < -0.4 is 0 Å². The summed E-state index contributed by atoms with van der Waals surface area (Å²) in [4.78, 5) is 13.3. The molecule has 0 N–H and O–H groups in total. The molecular formula is C15H13BrOS.